The first-order chi connectivity index (χ1) is 20.0. The highest BCUT2D eigenvalue weighted by Crippen LogP contribution is 2.66. The Labute approximate surface area is 262 Å². The highest BCUT2D eigenvalue weighted by Gasteiger charge is 2.74. The third-order valence-electron chi connectivity index (χ3n) is 9.43. The summed E-state index contributed by atoms with van der Waals surface area (Å²) in [6, 6.07) is 0. The number of fused-ring (bicyclic) bond motifs is 1. The van der Waals surface area contributed by atoms with Gasteiger partial charge in [0.1, 0.15) is 11.2 Å². The summed E-state index contributed by atoms with van der Waals surface area (Å²) < 4.78 is 6.25. The molecule has 0 aromatic rings. The van der Waals surface area contributed by atoms with E-state index in [1.54, 1.807) is 0 Å². The molecule has 1 saturated carbocycles. The maximum atomic E-state index is 10.2. The molecule has 234 valence electrons. The molecule has 0 amide bonds. The predicted octanol–water partition coefficient (Wildman–Crippen LogP) is 9.61. The smallest absolute Gasteiger partial charge is 0.121 e. The van der Waals surface area contributed by atoms with Crippen molar-refractivity contribution in [2.75, 3.05) is 0 Å². The zero-order valence-electron chi connectivity index (χ0n) is 28.3. The SMILES string of the molecule is CC1=CC(O)CC(C)(C)C1/C=C/C(C)=C/C=C/C(C)=C/C=C/C=C(C)/C=C/C=C(C)/C=C/C12OC1(C)CC(O)CC2(C)C. The van der Waals surface area contributed by atoms with E-state index in [0.29, 0.717) is 12.3 Å². The largest absolute Gasteiger partial charge is 0.393 e. The average molecular weight is 585 g/mol. The van der Waals surface area contributed by atoms with E-state index in [-0.39, 0.29) is 34.2 Å². The van der Waals surface area contributed by atoms with E-state index in [0.717, 1.165) is 12.8 Å². The topological polar surface area (TPSA) is 53.0 Å². The fraction of sp³-hybridized carbons (Fsp3) is 0.500. The van der Waals surface area contributed by atoms with Crippen molar-refractivity contribution in [1.29, 1.82) is 0 Å². The summed E-state index contributed by atoms with van der Waals surface area (Å²) in [6.45, 7) is 21.5. The van der Waals surface area contributed by atoms with Gasteiger partial charge in [0.2, 0.25) is 0 Å². The molecule has 2 fully saturated rings. The summed E-state index contributed by atoms with van der Waals surface area (Å²) in [4.78, 5) is 0. The van der Waals surface area contributed by atoms with Crippen LogP contribution in [0.5, 0.6) is 0 Å². The van der Waals surface area contributed by atoms with Crippen LogP contribution in [-0.2, 0) is 4.74 Å². The van der Waals surface area contributed by atoms with Crippen molar-refractivity contribution in [2.45, 2.75) is 112 Å². The first-order valence-electron chi connectivity index (χ1n) is 15.8. The van der Waals surface area contributed by atoms with Crippen LogP contribution in [0.15, 0.2) is 119 Å². The van der Waals surface area contributed by atoms with E-state index in [9.17, 15) is 10.2 Å². The maximum absolute atomic E-state index is 10.2. The molecule has 0 radical (unpaired) electrons. The van der Waals surface area contributed by atoms with Crippen molar-refractivity contribution in [3.63, 3.8) is 0 Å². The fourth-order valence-electron chi connectivity index (χ4n) is 7.07. The molecule has 0 bridgehead atoms. The summed E-state index contributed by atoms with van der Waals surface area (Å²) in [6.07, 6.45) is 33.5. The molecule has 0 aromatic heterocycles. The molecule has 1 aliphatic heterocycles. The van der Waals surface area contributed by atoms with Gasteiger partial charge < -0.3 is 14.9 Å². The number of epoxide rings is 1. The van der Waals surface area contributed by atoms with Crippen molar-refractivity contribution >= 4 is 0 Å². The van der Waals surface area contributed by atoms with Gasteiger partial charge in [-0.25, -0.2) is 0 Å². The van der Waals surface area contributed by atoms with E-state index in [1.807, 2.05) is 6.08 Å². The Kier molecular flexibility index (Phi) is 11.3. The van der Waals surface area contributed by atoms with E-state index in [4.69, 9.17) is 4.74 Å². The van der Waals surface area contributed by atoms with Crippen LogP contribution in [0, 0.1) is 16.7 Å². The van der Waals surface area contributed by atoms with Gasteiger partial charge in [0.25, 0.3) is 0 Å². The van der Waals surface area contributed by atoms with Crippen LogP contribution in [0.4, 0.5) is 0 Å². The minimum Gasteiger partial charge on any atom is -0.393 e. The van der Waals surface area contributed by atoms with Crippen LogP contribution < -0.4 is 0 Å². The molecule has 3 rings (SSSR count). The molecule has 5 unspecified atom stereocenters. The number of allylic oxidation sites excluding steroid dienone is 18. The molecule has 3 aliphatic rings. The Morgan fingerprint density at radius 3 is 1.77 bits per heavy atom. The molecule has 5 atom stereocenters. The fourth-order valence-corrected chi connectivity index (χ4v) is 7.07. The van der Waals surface area contributed by atoms with Crippen LogP contribution in [0.3, 0.4) is 0 Å². The molecule has 2 N–H and O–H groups in total. The zero-order valence-corrected chi connectivity index (χ0v) is 28.3. The van der Waals surface area contributed by atoms with Gasteiger partial charge in [-0.15, -0.1) is 0 Å². The molecule has 2 aliphatic carbocycles. The number of hydrogen-bond donors (Lipinski definition) is 2. The van der Waals surface area contributed by atoms with Crippen molar-refractivity contribution in [1.82, 2.24) is 0 Å². The Hall–Kier alpha value is -2.72. The third-order valence-corrected chi connectivity index (χ3v) is 9.43. The highest BCUT2D eigenvalue weighted by atomic mass is 16.6. The van der Waals surface area contributed by atoms with Gasteiger partial charge >= 0.3 is 0 Å². The lowest BCUT2D eigenvalue weighted by molar-refractivity contribution is 0.0515. The Morgan fingerprint density at radius 2 is 1.23 bits per heavy atom. The molecule has 1 saturated heterocycles. The first-order valence-corrected chi connectivity index (χ1v) is 15.8. The number of hydrogen-bond acceptors (Lipinski definition) is 3. The Balaban J connectivity index is 1.49. The van der Waals surface area contributed by atoms with E-state index < -0.39 is 0 Å². The second-order valence-corrected chi connectivity index (χ2v) is 14.6. The van der Waals surface area contributed by atoms with Crippen molar-refractivity contribution in [2.24, 2.45) is 16.7 Å². The van der Waals surface area contributed by atoms with Gasteiger partial charge in [-0.3, -0.25) is 0 Å². The van der Waals surface area contributed by atoms with Gasteiger partial charge in [0.05, 0.1) is 12.2 Å². The number of ether oxygens (including phenoxy) is 1. The second-order valence-electron chi connectivity index (χ2n) is 14.6. The third kappa shape index (κ3) is 8.91. The Bertz CT molecular complexity index is 1320. The molecule has 3 heteroatoms. The normalized spacial score (nSPS) is 33.8. The van der Waals surface area contributed by atoms with Crippen LogP contribution in [-0.4, -0.2) is 33.6 Å². The molecule has 1 heterocycles. The molecular weight excluding hydrogens is 528 g/mol. The standard InChI is InChI=1S/C40H56O3/c1-29(17-13-19-31(3)21-22-36-33(5)25-34(41)26-37(36,6)7)15-11-12-16-30(2)18-14-20-32(4)23-24-40-38(8,9)27-35(42)28-39(40,10)43-40/h11-25,34-36,41-42H,26-28H2,1-10H3/b12-11+,17-13+,18-14+,22-21+,24-23+,29-15+,30-16+,31-19+,32-20+. The van der Waals surface area contributed by atoms with Crippen molar-refractivity contribution < 1.29 is 14.9 Å². The van der Waals surface area contributed by atoms with Gasteiger partial charge in [-0.2, -0.15) is 0 Å². The maximum Gasteiger partial charge on any atom is 0.121 e. The summed E-state index contributed by atoms with van der Waals surface area (Å²) in [5.74, 6) is 0.345. The quantitative estimate of drug-likeness (QED) is 0.153. The van der Waals surface area contributed by atoms with Crippen LogP contribution >= 0.6 is 0 Å². The number of aliphatic hydroxyl groups excluding tert-OH is 2. The zero-order chi connectivity index (χ0) is 32.1. The lowest BCUT2D eigenvalue weighted by Gasteiger charge is -2.39. The van der Waals surface area contributed by atoms with E-state index in [2.05, 4.69) is 154 Å². The monoisotopic (exact) mass is 584 g/mol. The van der Waals surface area contributed by atoms with Crippen molar-refractivity contribution in [3.8, 4) is 0 Å². The average Bonchev–Trinajstić information content (AvgIpc) is 3.49. The lowest BCUT2D eigenvalue weighted by Crippen LogP contribution is -2.46. The van der Waals surface area contributed by atoms with Gasteiger partial charge in [-0.05, 0) is 65.9 Å². The molecule has 43 heavy (non-hydrogen) atoms. The summed E-state index contributed by atoms with van der Waals surface area (Å²) in [5.41, 5.74) is 5.38. The van der Waals surface area contributed by atoms with Crippen molar-refractivity contribution in [3.05, 3.63) is 119 Å². The van der Waals surface area contributed by atoms with E-state index in [1.165, 1.54) is 27.9 Å². The number of rotatable bonds is 10. The summed E-state index contributed by atoms with van der Waals surface area (Å²) in [7, 11) is 0. The molecule has 3 nitrogen and oxygen atoms in total. The highest BCUT2D eigenvalue weighted by molar-refractivity contribution is 5.37. The number of aliphatic hydroxyl groups is 2. The summed E-state index contributed by atoms with van der Waals surface area (Å²) in [5, 5.41) is 20.3. The lowest BCUT2D eigenvalue weighted by atomic mass is 9.63. The minimum absolute atomic E-state index is 0.0547. The first kappa shape index (κ1) is 34.8. The molecule has 0 spiro atoms. The Morgan fingerprint density at radius 1 is 0.721 bits per heavy atom. The van der Waals surface area contributed by atoms with Crippen LogP contribution in [0.25, 0.3) is 0 Å². The van der Waals surface area contributed by atoms with Crippen LogP contribution in [0.1, 0.15) is 88.5 Å². The van der Waals surface area contributed by atoms with Crippen LogP contribution in [0.2, 0.25) is 0 Å². The summed E-state index contributed by atoms with van der Waals surface area (Å²) >= 11 is 0. The molecular formula is C40H56O3. The van der Waals surface area contributed by atoms with E-state index >= 15 is 0 Å². The predicted molar refractivity (Wildman–Crippen MR) is 184 cm³/mol. The van der Waals surface area contributed by atoms with Gasteiger partial charge in [0, 0.05) is 17.8 Å². The van der Waals surface area contributed by atoms with Gasteiger partial charge in [-0.1, -0.05) is 141 Å². The second kappa shape index (κ2) is 13.9. The van der Waals surface area contributed by atoms with Gasteiger partial charge in [0.15, 0.2) is 0 Å². The minimum atomic E-state index is -0.333. The molecule has 0 aromatic carbocycles.